The second-order valence-corrected chi connectivity index (χ2v) is 6.50. The summed E-state index contributed by atoms with van der Waals surface area (Å²) in [5.74, 6) is -0.446. The SMILES string of the molecule is CNS(=O)(=O)CCNc1cc2c(cc1[N+](=O)[O-])CC(=O)N2. The maximum atomic E-state index is 11.3. The lowest BCUT2D eigenvalue weighted by molar-refractivity contribution is -0.384. The highest BCUT2D eigenvalue weighted by Gasteiger charge is 2.24. The van der Waals surface area contributed by atoms with Gasteiger partial charge in [-0.25, -0.2) is 13.1 Å². The van der Waals surface area contributed by atoms with E-state index in [1.165, 1.54) is 19.2 Å². The first-order chi connectivity index (χ1) is 9.82. The van der Waals surface area contributed by atoms with E-state index in [1.807, 2.05) is 0 Å². The first-order valence-electron chi connectivity index (χ1n) is 6.08. The lowest BCUT2D eigenvalue weighted by Gasteiger charge is -2.09. The van der Waals surface area contributed by atoms with Gasteiger partial charge in [-0.3, -0.25) is 14.9 Å². The van der Waals surface area contributed by atoms with Crippen molar-refractivity contribution >= 4 is 33.0 Å². The number of carbonyl (C=O) groups is 1. The van der Waals surface area contributed by atoms with Crippen LogP contribution in [0.5, 0.6) is 0 Å². The highest BCUT2D eigenvalue weighted by molar-refractivity contribution is 7.89. The molecule has 1 aromatic carbocycles. The van der Waals surface area contributed by atoms with Gasteiger partial charge in [0.15, 0.2) is 0 Å². The summed E-state index contributed by atoms with van der Waals surface area (Å²) < 4.78 is 24.7. The van der Waals surface area contributed by atoms with Crippen molar-refractivity contribution in [3.8, 4) is 0 Å². The molecule has 0 saturated heterocycles. The topological polar surface area (TPSA) is 130 Å². The molecule has 0 radical (unpaired) electrons. The third kappa shape index (κ3) is 3.47. The molecule has 0 aliphatic carbocycles. The van der Waals surface area contributed by atoms with E-state index in [4.69, 9.17) is 0 Å². The van der Waals surface area contributed by atoms with Gasteiger partial charge in [0.25, 0.3) is 5.69 Å². The molecule has 9 nitrogen and oxygen atoms in total. The second kappa shape index (κ2) is 5.66. The Morgan fingerprint density at radius 1 is 1.43 bits per heavy atom. The van der Waals surface area contributed by atoms with Crippen molar-refractivity contribution in [1.82, 2.24) is 4.72 Å². The van der Waals surface area contributed by atoms with Gasteiger partial charge in [-0.15, -0.1) is 0 Å². The van der Waals surface area contributed by atoms with Crippen molar-refractivity contribution in [3.05, 3.63) is 27.8 Å². The van der Waals surface area contributed by atoms with Crippen LogP contribution in [0.1, 0.15) is 5.56 Å². The molecular formula is C11H14N4O5S. The summed E-state index contributed by atoms with van der Waals surface area (Å²) in [7, 11) is -2.10. The van der Waals surface area contributed by atoms with Crippen LogP contribution in [-0.2, 0) is 21.2 Å². The molecule has 114 valence electrons. The molecule has 2 rings (SSSR count). The largest absolute Gasteiger partial charge is 0.378 e. The predicted molar refractivity (Wildman–Crippen MR) is 76.8 cm³/mol. The normalized spacial score (nSPS) is 13.7. The Balaban J connectivity index is 2.21. The maximum Gasteiger partial charge on any atom is 0.292 e. The minimum atomic E-state index is -3.40. The van der Waals surface area contributed by atoms with Crippen molar-refractivity contribution < 1.29 is 18.1 Å². The van der Waals surface area contributed by atoms with Crippen molar-refractivity contribution in [3.63, 3.8) is 0 Å². The lowest BCUT2D eigenvalue weighted by Crippen LogP contribution is -2.26. The van der Waals surface area contributed by atoms with Gasteiger partial charge in [0, 0.05) is 18.3 Å². The molecule has 0 fully saturated rings. The number of nitrogens with one attached hydrogen (secondary N) is 3. The third-order valence-electron chi connectivity index (χ3n) is 3.04. The number of sulfonamides is 1. The van der Waals surface area contributed by atoms with Crippen molar-refractivity contribution in [2.45, 2.75) is 6.42 Å². The maximum absolute atomic E-state index is 11.3. The molecule has 1 aromatic rings. The third-order valence-corrected chi connectivity index (χ3v) is 4.40. The van der Waals surface area contributed by atoms with Gasteiger partial charge in [0.05, 0.1) is 17.1 Å². The molecule has 10 heteroatoms. The van der Waals surface area contributed by atoms with Crippen molar-refractivity contribution in [1.29, 1.82) is 0 Å². The lowest BCUT2D eigenvalue weighted by atomic mass is 10.1. The molecule has 21 heavy (non-hydrogen) atoms. The predicted octanol–water partition coefficient (Wildman–Crippen LogP) is 0.0505. The molecule has 0 atom stereocenters. The van der Waals surface area contributed by atoms with Crippen molar-refractivity contribution in [2.24, 2.45) is 0 Å². The number of hydrogen-bond donors (Lipinski definition) is 3. The van der Waals surface area contributed by atoms with Gasteiger partial charge in [0.2, 0.25) is 15.9 Å². The number of rotatable bonds is 6. The Kier molecular flexibility index (Phi) is 4.09. The minimum absolute atomic E-state index is 0.0107. The van der Waals surface area contributed by atoms with E-state index < -0.39 is 14.9 Å². The smallest absolute Gasteiger partial charge is 0.292 e. The minimum Gasteiger partial charge on any atom is -0.378 e. The number of benzene rings is 1. The molecule has 0 saturated carbocycles. The Labute approximate surface area is 120 Å². The summed E-state index contributed by atoms with van der Waals surface area (Å²) in [5.41, 5.74) is 1.05. The molecule has 0 spiro atoms. The highest BCUT2D eigenvalue weighted by Crippen LogP contribution is 2.34. The zero-order chi connectivity index (χ0) is 15.6. The van der Waals surface area contributed by atoms with E-state index >= 15 is 0 Å². The van der Waals surface area contributed by atoms with Crippen LogP contribution in [0.15, 0.2) is 12.1 Å². The molecule has 0 unspecified atom stereocenters. The summed E-state index contributed by atoms with van der Waals surface area (Å²) in [4.78, 5) is 21.8. The fourth-order valence-electron chi connectivity index (χ4n) is 1.98. The molecule has 1 heterocycles. The van der Waals surface area contributed by atoms with E-state index in [0.29, 0.717) is 11.3 Å². The van der Waals surface area contributed by atoms with Gasteiger partial charge >= 0.3 is 0 Å². The summed E-state index contributed by atoms with van der Waals surface area (Å²) in [6.45, 7) is 0.0107. The van der Waals surface area contributed by atoms with Crippen molar-refractivity contribution in [2.75, 3.05) is 30.0 Å². The Morgan fingerprint density at radius 3 is 2.76 bits per heavy atom. The van der Waals surface area contributed by atoms with Gasteiger partial charge < -0.3 is 10.6 Å². The van der Waals surface area contributed by atoms with E-state index in [9.17, 15) is 23.3 Å². The van der Waals surface area contributed by atoms with Crippen LogP contribution in [0.25, 0.3) is 0 Å². The quantitative estimate of drug-likeness (QED) is 0.502. The molecule has 0 aromatic heterocycles. The monoisotopic (exact) mass is 314 g/mol. The van der Waals surface area contributed by atoms with E-state index in [0.717, 1.165) is 0 Å². The van der Waals surface area contributed by atoms with Crippen LogP contribution in [0, 0.1) is 10.1 Å². The number of fused-ring (bicyclic) bond motifs is 1. The number of nitro groups is 1. The number of hydrogen-bond acceptors (Lipinski definition) is 6. The average molecular weight is 314 g/mol. The van der Waals surface area contributed by atoms with Crippen LogP contribution in [0.2, 0.25) is 0 Å². The van der Waals surface area contributed by atoms with Crippen LogP contribution in [-0.4, -0.2) is 38.6 Å². The first kappa shape index (κ1) is 15.2. The van der Waals surface area contributed by atoms with E-state index in [-0.39, 0.29) is 36.0 Å². The van der Waals surface area contributed by atoms with Crippen LogP contribution in [0.3, 0.4) is 0 Å². The number of nitrogens with zero attached hydrogens (tertiary/aromatic N) is 1. The summed E-state index contributed by atoms with van der Waals surface area (Å²) >= 11 is 0. The zero-order valence-corrected chi connectivity index (χ0v) is 12.0. The second-order valence-electron chi connectivity index (χ2n) is 4.46. The van der Waals surface area contributed by atoms with Crippen LogP contribution >= 0.6 is 0 Å². The number of carbonyl (C=O) groups excluding carboxylic acids is 1. The van der Waals surface area contributed by atoms with Crippen LogP contribution in [0.4, 0.5) is 17.1 Å². The molecule has 1 aliphatic rings. The Morgan fingerprint density at radius 2 is 2.14 bits per heavy atom. The standard InChI is InChI=1S/C11H14N4O5S/c1-12-21(19,20)3-2-13-9-6-8-7(5-11(16)14-8)4-10(9)15(17)18/h4,6,12-13H,2-3,5H2,1H3,(H,14,16). The van der Waals surface area contributed by atoms with Crippen LogP contribution < -0.4 is 15.4 Å². The fraction of sp³-hybridized carbons (Fsp3) is 0.364. The van der Waals surface area contributed by atoms with Gasteiger partial charge in [-0.2, -0.15) is 0 Å². The number of amides is 1. The van der Waals surface area contributed by atoms with Gasteiger partial charge in [-0.1, -0.05) is 0 Å². The number of anilines is 2. The van der Waals surface area contributed by atoms with E-state index in [1.54, 1.807) is 0 Å². The summed E-state index contributed by atoms with van der Waals surface area (Å²) in [6, 6.07) is 2.77. The van der Waals surface area contributed by atoms with Gasteiger partial charge in [-0.05, 0) is 18.7 Å². The summed E-state index contributed by atoms with van der Waals surface area (Å²) in [5, 5.41) is 16.4. The molecule has 1 aliphatic heterocycles. The Hall–Kier alpha value is -2.20. The highest BCUT2D eigenvalue weighted by atomic mass is 32.2. The van der Waals surface area contributed by atoms with Gasteiger partial charge in [0.1, 0.15) is 5.69 Å². The summed E-state index contributed by atoms with van der Waals surface area (Å²) in [6.07, 6.45) is 0.102. The average Bonchev–Trinajstić information content (AvgIpc) is 2.76. The first-order valence-corrected chi connectivity index (χ1v) is 7.74. The fourth-order valence-corrected chi connectivity index (χ4v) is 2.55. The number of nitro benzene ring substituents is 1. The van der Waals surface area contributed by atoms with E-state index in [2.05, 4.69) is 15.4 Å². The molecule has 1 amide bonds. The Bertz CT molecular complexity index is 701. The molecular weight excluding hydrogens is 300 g/mol. The zero-order valence-electron chi connectivity index (χ0n) is 11.2. The molecule has 0 bridgehead atoms. The molecule has 3 N–H and O–H groups in total.